The van der Waals surface area contributed by atoms with Crippen LogP contribution < -0.4 is 0 Å². The van der Waals surface area contributed by atoms with Gasteiger partial charge in [-0.3, -0.25) is 4.40 Å². The van der Waals surface area contributed by atoms with E-state index >= 15 is 0 Å². The average molecular weight is 255 g/mol. The minimum Gasteiger partial charge on any atom is -0.368 e. The molecule has 5 nitrogen and oxygen atoms in total. The quantitative estimate of drug-likeness (QED) is 0.773. The summed E-state index contributed by atoms with van der Waals surface area (Å²) in [6.07, 6.45) is 0. The minimum atomic E-state index is -0.209. The van der Waals surface area contributed by atoms with Gasteiger partial charge in [0.25, 0.3) is 0 Å². The molecule has 0 unspecified atom stereocenters. The molecule has 0 bridgehead atoms. The Morgan fingerprint density at radius 2 is 2.06 bits per heavy atom. The van der Waals surface area contributed by atoms with Crippen LogP contribution in [0.15, 0.2) is 6.07 Å². The Balaban J connectivity index is 2.36. The molecular weight excluding hydrogens is 240 g/mol. The van der Waals surface area contributed by atoms with E-state index in [1.165, 1.54) is 0 Å². The van der Waals surface area contributed by atoms with Gasteiger partial charge in [-0.05, 0) is 27.7 Å². The van der Waals surface area contributed by atoms with Crippen LogP contribution in [0.5, 0.6) is 0 Å². The van der Waals surface area contributed by atoms with Gasteiger partial charge in [-0.15, -0.1) is 10.2 Å². The molecule has 92 valence electrons. The third-order valence-electron chi connectivity index (χ3n) is 2.23. The van der Waals surface area contributed by atoms with Gasteiger partial charge in [0.2, 0.25) is 0 Å². The van der Waals surface area contributed by atoms with Crippen molar-refractivity contribution >= 4 is 17.2 Å². The molecule has 0 aromatic carbocycles. The van der Waals surface area contributed by atoms with Crippen molar-refractivity contribution in [2.75, 3.05) is 0 Å². The fraction of sp³-hybridized carbons (Fsp3) is 0.545. The number of rotatable bonds is 2. The van der Waals surface area contributed by atoms with Crippen LogP contribution in [0.4, 0.5) is 0 Å². The lowest BCUT2D eigenvalue weighted by Crippen LogP contribution is -2.19. The summed E-state index contributed by atoms with van der Waals surface area (Å²) >= 11 is 5.86. The summed E-state index contributed by atoms with van der Waals surface area (Å²) in [5.41, 5.74) is 0.481. The number of hydrogen-bond donors (Lipinski definition) is 0. The van der Waals surface area contributed by atoms with Gasteiger partial charge in [0.15, 0.2) is 11.5 Å². The molecule has 6 heteroatoms. The van der Waals surface area contributed by atoms with Gasteiger partial charge in [-0.1, -0.05) is 11.6 Å². The third kappa shape index (κ3) is 2.73. The zero-order valence-corrected chi connectivity index (χ0v) is 11.1. The topological polar surface area (TPSA) is 52.3 Å². The Kier molecular flexibility index (Phi) is 3.05. The monoisotopic (exact) mass is 254 g/mol. The maximum Gasteiger partial charge on any atom is 0.165 e. The van der Waals surface area contributed by atoms with E-state index in [2.05, 4.69) is 15.2 Å². The normalized spacial score (nSPS) is 12.3. The van der Waals surface area contributed by atoms with Crippen LogP contribution >= 0.6 is 11.6 Å². The molecule has 0 fully saturated rings. The molecular formula is C11H15ClN4O. The molecule has 0 amide bonds. The van der Waals surface area contributed by atoms with Crippen molar-refractivity contribution in [3.05, 3.63) is 22.9 Å². The van der Waals surface area contributed by atoms with E-state index in [1.54, 1.807) is 6.07 Å². The van der Waals surface area contributed by atoms with Gasteiger partial charge in [-0.2, -0.15) is 0 Å². The summed E-state index contributed by atoms with van der Waals surface area (Å²) in [5, 5.41) is 8.56. The highest BCUT2D eigenvalue weighted by Gasteiger charge is 2.14. The van der Waals surface area contributed by atoms with Crippen molar-refractivity contribution in [3.8, 4) is 0 Å². The van der Waals surface area contributed by atoms with E-state index in [0.717, 1.165) is 11.6 Å². The van der Waals surface area contributed by atoms with Gasteiger partial charge in [0, 0.05) is 6.07 Å². The Labute approximate surface area is 105 Å². The Morgan fingerprint density at radius 1 is 1.35 bits per heavy atom. The van der Waals surface area contributed by atoms with Crippen LogP contribution in [-0.4, -0.2) is 25.2 Å². The molecule has 0 spiro atoms. The second-order valence-corrected chi connectivity index (χ2v) is 5.22. The van der Waals surface area contributed by atoms with Gasteiger partial charge < -0.3 is 4.74 Å². The summed E-state index contributed by atoms with van der Waals surface area (Å²) in [4.78, 5) is 4.17. The molecule has 2 heterocycles. The average Bonchev–Trinajstić information content (AvgIpc) is 2.56. The smallest absolute Gasteiger partial charge is 0.165 e. The first-order valence-electron chi connectivity index (χ1n) is 5.38. The molecule has 0 aliphatic carbocycles. The van der Waals surface area contributed by atoms with Crippen molar-refractivity contribution in [2.24, 2.45) is 0 Å². The summed E-state index contributed by atoms with van der Waals surface area (Å²) in [7, 11) is 0. The summed E-state index contributed by atoms with van der Waals surface area (Å²) in [6.45, 7) is 8.26. The highest BCUT2D eigenvalue weighted by atomic mass is 35.5. The summed E-state index contributed by atoms with van der Waals surface area (Å²) < 4.78 is 7.53. The number of hydrogen-bond acceptors (Lipinski definition) is 4. The van der Waals surface area contributed by atoms with Crippen LogP contribution in [0.3, 0.4) is 0 Å². The van der Waals surface area contributed by atoms with Crippen LogP contribution in [0.2, 0.25) is 5.15 Å². The van der Waals surface area contributed by atoms with Gasteiger partial charge in [0.05, 0.1) is 5.60 Å². The second kappa shape index (κ2) is 4.23. The Bertz CT molecular complexity index is 544. The first-order chi connectivity index (χ1) is 7.87. The molecule has 2 aromatic rings. The highest BCUT2D eigenvalue weighted by Crippen LogP contribution is 2.15. The predicted molar refractivity (Wildman–Crippen MR) is 65.1 cm³/mol. The van der Waals surface area contributed by atoms with Crippen molar-refractivity contribution < 1.29 is 4.74 Å². The van der Waals surface area contributed by atoms with Crippen LogP contribution in [0.1, 0.15) is 32.4 Å². The fourth-order valence-electron chi connectivity index (χ4n) is 1.49. The number of fused-ring (bicyclic) bond motifs is 1. The molecule has 2 rings (SSSR count). The van der Waals surface area contributed by atoms with E-state index in [0.29, 0.717) is 17.4 Å². The van der Waals surface area contributed by atoms with Crippen molar-refractivity contribution in [2.45, 2.75) is 39.9 Å². The van der Waals surface area contributed by atoms with E-state index in [1.807, 2.05) is 32.1 Å². The van der Waals surface area contributed by atoms with E-state index < -0.39 is 0 Å². The highest BCUT2D eigenvalue weighted by molar-refractivity contribution is 6.29. The lowest BCUT2D eigenvalue weighted by molar-refractivity contribution is -0.0185. The molecule has 0 saturated carbocycles. The summed E-state index contributed by atoms with van der Waals surface area (Å²) in [5.74, 6) is 1.49. The molecule has 2 aromatic heterocycles. The SMILES string of the molecule is Cc1nc(Cl)cc2nnc(COC(C)(C)C)n12. The van der Waals surface area contributed by atoms with Crippen molar-refractivity contribution in [1.82, 2.24) is 19.6 Å². The standard InChI is InChI=1S/C11H15ClN4O/c1-7-13-8(12)5-9-14-15-10(16(7)9)6-17-11(2,3)4/h5H,6H2,1-4H3. The number of nitrogens with zero attached hydrogens (tertiary/aromatic N) is 4. The van der Waals surface area contributed by atoms with E-state index in [-0.39, 0.29) is 5.60 Å². The van der Waals surface area contributed by atoms with Crippen LogP contribution in [0, 0.1) is 6.92 Å². The first kappa shape index (κ1) is 12.3. The molecule has 0 atom stereocenters. The van der Waals surface area contributed by atoms with Gasteiger partial charge in [0.1, 0.15) is 17.6 Å². The fourth-order valence-corrected chi connectivity index (χ4v) is 1.71. The van der Waals surface area contributed by atoms with Crippen LogP contribution in [-0.2, 0) is 11.3 Å². The third-order valence-corrected chi connectivity index (χ3v) is 2.42. The van der Waals surface area contributed by atoms with E-state index in [9.17, 15) is 0 Å². The maximum atomic E-state index is 5.86. The molecule has 17 heavy (non-hydrogen) atoms. The zero-order valence-electron chi connectivity index (χ0n) is 10.4. The predicted octanol–water partition coefficient (Wildman–Crippen LogP) is 2.40. The lowest BCUT2D eigenvalue weighted by atomic mass is 10.2. The molecule has 0 aliphatic heterocycles. The lowest BCUT2D eigenvalue weighted by Gasteiger charge is -2.18. The number of aryl methyl sites for hydroxylation is 1. The maximum absolute atomic E-state index is 5.86. The van der Waals surface area contributed by atoms with Gasteiger partial charge in [-0.25, -0.2) is 4.98 Å². The summed E-state index contributed by atoms with van der Waals surface area (Å²) in [6, 6.07) is 1.68. The molecule has 0 N–H and O–H groups in total. The van der Waals surface area contributed by atoms with Crippen molar-refractivity contribution in [3.63, 3.8) is 0 Å². The minimum absolute atomic E-state index is 0.209. The second-order valence-electron chi connectivity index (χ2n) is 4.84. The Hall–Kier alpha value is -1.20. The molecule has 0 radical (unpaired) electrons. The van der Waals surface area contributed by atoms with Gasteiger partial charge >= 0.3 is 0 Å². The number of ether oxygens (including phenoxy) is 1. The zero-order chi connectivity index (χ0) is 12.6. The molecule has 0 aliphatic rings. The Morgan fingerprint density at radius 3 is 2.71 bits per heavy atom. The number of aromatic nitrogens is 4. The largest absolute Gasteiger partial charge is 0.368 e. The van der Waals surface area contributed by atoms with Crippen LogP contribution in [0.25, 0.3) is 5.65 Å². The first-order valence-corrected chi connectivity index (χ1v) is 5.76. The number of halogens is 1. The van der Waals surface area contributed by atoms with Crippen molar-refractivity contribution in [1.29, 1.82) is 0 Å². The van der Waals surface area contributed by atoms with E-state index in [4.69, 9.17) is 16.3 Å². The molecule has 0 saturated heterocycles.